The molecular formula is C21H24N6O5. The molecule has 168 valence electrons. The van der Waals surface area contributed by atoms with E-state index in [1.54, 1.807) is 48.2 Å². The highest BCUT2D eigenvalue weighted by Gasteiger charge is 2.26. The van der Waals surface area contributed by atoms with Gasteiger partial charge in [-0.15, -0.1) is 0 Å². The third kappa shape index (κ3) is 4.13. The number of carbonyl (C=O) groups is 3. The summed E-state index contributed by atoms with van der Waals surface area (Å²) in [6.07, 6.45) is 1.52. The minimum atomic E-state index is -0.335. The summed E-state index contributed by atoms with van der Waals surface area (Å²) in [6, 6.07) is 6.61. The maximum absolute atomic E-state index is 12.5. The number of nitrogens with one attached hydrogen (secondary N) is 1. The molecule has 0 aliphatic carbocycles. The molecule has 0 spiro atoms. The third-order valence-corrected chi connectivity index (χ3v) is 5.59. The summed E-state index contributed by atoms with van der Waals surface area (Å²) in [5, 5.41) is 2.68. The zero-order valence-electron chi connectivity index (χ0n) is 17.9. The Bertz CT molecular complexity index is 1220. The molecule has 11 heteroatoms. The van der Waals surface area contributed by atoms with Crippen LogP contribution in [0.1, 0.15) is 23.4 Å². The van der Waals surface area contributed by atoms with Crippen LogP contribution in [0.3, 0.4) is 0 Å². The first-order valence-corrected chi connectivity index (χ1v) is 10.3. The average Bonchev–Trinajstić information content (AvgIpc) is 3.41. The van der Waals surface area contributed by atoms with Gasteiger partial charge < -0.3 is 19.5 Å². The van der Waals surface area contributed by atoms with E-state index in [4.69, 9.17) is 4.42 Å². The monoisotopic (exact) mass is 440 g/mol. The maximum atomic E-state index is 12.5. The Morgan fingerprint density at radius 2 is 1.72 bits per heavy atom. The summed E-state index contributed by atoms with van der Waals surface area (Å²) < 4.78 is 8.02. The number of rotatable bonds is 5. The highest BCUT2D eigenvalue weighted by molar-refractivity contribution is 5.93. The van der Waals surface area contributed by atoms with Crippen LogP contribution in [-0.2, 0) is 23.7 Å². The molecule has 4 heterocycles. The second-order valence-corrected chi connectivity index (χ2v) is 7.64. The number of piperazine rings is 1. The Morgan fingerprint density at radius 3 is 2.41 bits per heavy atom. The van der Waals surface area contributed by atoms with E-state index in [0.29, 0.717) is 43.2 Å². The number of imidazole rings is 1. The van der Waals surface area contributed by atoms with Crippen molar-refractivity contribution in [1.29, 1.82) is 0 Å². The van der Waals surface area contributed by atoms with Gasteiger partial charge in [0.2, 0.25) is 11.8 Å². The molecule has 1 aliphatic heterocycles. The number of carbonyl (C=O) groups excluding carboxylic acids is 3. The van der Waals surface area contributed by atoms with Crippen molar-refractivity contribution in [2.75, 3.05) is 31.5 Å². The van der Waals surface area contributed by atoms with Gasteiger partial charge in [0.15, 0.2) is 11.4 Å². The Kier molecular flexibility index (Phi) is 5.80. The van der Waals surface area contributed by atoms with Crippen LogP contribution in [0.4, 0.5) is 5.82 Å². The van der Waals surface area contributed by atoms with Gasteiger partial charge in [0.1, 0.15) is 5.82 Å². The number of pyridine rings is 1. The fourth-order valence-corrected chi connectivity index (χ4v) is 3.74. The summed E-state index contributed by atoms with van der Waals surface area (Å²) in [7, 11) is 3.27. The Hall–Kier alpha value is -3.89. The summed E-state index contributed by atoms with van der Waals surface area (Å²) >= 11 is 0. The third-order valence-electron chi connectivity index (χ3n) is 5.59. The van der Waals surface area contributed by atoms with Gasteiger partial charge in [0, 0.05) is 53.1 Å². The average molecular weight is 440 g/mol. The van der Waals surface area contributed by atoms with Crippen molar-refractivity contribution >= 4 is 34.7 Å². The molecule has 0 radical (unpaired) electrons. The summed E-state index contributed by atoms with van der Waals surface area (Å²) in [4.78, 5) is 56.7. The Morgan fingerprint density at radius 1 is 1.00 bits per heavy atom. The lowest BCUT2D eigenvalue weighted by molar-refractivity contribution is -0.134. The number of fused-ring (bicyclic) bond motifs is 1. The smallest absolute Gasteiger partial charge is 0.329 e. The molecule has 1 fully saturated rings. The van der Waals surface area contributed by atoms with Crippen LogP contribution >= 0.6 is 0 Å². The van der Waals surface area contributed by atoms with Crippen molar-refractivity contribution in [3.8, 4) is 0 Å². The molecule has 0 aromatic carbocycles. The predicted octanol–water partition coefficient (Wildman–Crippen LogP) is 0.568. The van der Waals surface area contributed by atoms with Crippen LogP contribution in [0.5, 0.6) is 0 Å². The quantitative estimate of drug-likeness (QED) is 0.619. The van der Waals surface area contributed by atoms with Gasteiger partial charge in [-0.2, -0.15) is 0 Å². The molecule has 0 saturated carbocycles. The molecular weight excluding hydrogens is 416 g/mol. The lowest BCUT2D eigenvalue weighted by Crippen LogP contribution is -2.50. The van der Waals surface area contributed by atoms with E-state index in [-0.39, 0.29) is 42.0 Å². The molecule has 4 rings (SSSR count). The van der Waals surface area contributed by atoms with E-state index in [9.17, 15) is 19.2 Å². The molecule has 0 atom stereocenters. The molecule has 1 aliphatic rings. The van der Waals surface area contributed by atoms with E-state index in [2.05, 4.69) is 10.3 Å². The van der Waals surface area contributed by atoms with E-state index in [1.807, 2.05) is 0 Å². The Balaban J connectivity index is 1.27. The van der Waals surface area contributed by atoms with Crippen molar-refractivity contribution in [2.45, 2.75) is 12.8 Å². The standard InChI is InChI=1S/C21H24N6O5/c1-24-14-5-6-16(23-19(14)25(2)21(24)31)22-17(28)7-8-18(29)26-9-11-27(12-10-26)20(30)15-4-3-13-32-15/h3-6,13H,7-12H2,1-2H3,(H,22,23,28). The van der Waals surface area contributed by atoms with Gasteiger partial charge in [0.25, 0.3) is 5.91 Å². The Labute approximate surface area is 183 Å². The number of hydrogen-bond donors (Lipinski definition) is 1. The van der Waals surface area contributed by atoms with Gasteiger partial charge in [-0.3, -0.25) is 23.5 Å². The fraction of sp³-hybridized carbons (Fsp3) is 0.381. The van der Waals surface area contributed by atoms with Crippen LogP contribution in [0, 0.1) is 0 Å². The number of hydrogen-bond acceptors (Lipinski definition) is 6. The first-order valence-electron chi connectivity index (χ1n) is 10.3. The molecule has 1 N–H and O–H groups in total. The molecule has 3 amide bonds. The molecule has 0 unspecified atom stereocenters. The van der Waals surface area contributed by atoms with Crippen molar-refractivity contribution in [3.05, 3.63) is 46.8 Å². The lowest BCUT2D eigenvalue weighted by atomic mass is 10.2. The molecule has 32 heavy (non-hydrogen) atoms. The fourth-order valence-electron chi connectivity index (χ4n) is 3.74. The number of aryl methyl sites for hydroxylation is 2. The summed E-state index contributed by atoms with van der Waals surface area (Å²) in [5.74, 6) is -0.0660. The van der Waals surface area contributed by atoms with Crippen molar-refractivity contribution in [2.24, 2.45) is 14.1 Å². The zero-order valence-corrected chi connectivity index (χ0v) is 17.9. The van der Waals surface area contributed by atoms with Gasteiger partial charge in [0.05, 0.1) is 11.8 Å². The summed E-state index contributed by atoms with van der Waals surface area (Å²) in [6.45, 7) is 1.65. The number of nitrogens with zero attached hydrogens (tertiary/aromatic N) is 5. The van der Waals surface area contributed by atoms with Gasteiger partial charge in [-0.25, -0.2) is 9.78 Å². The molecule has 3 aromatic rings. The van der Waals surface area contributed by atoms with E-state index < -0.39 is 0 Å². The first kappa shape index (κ1) is 21.3. The number of furan rings is 1. The largest absolute Gasteiger partial charge is 0.459 e. The van der Waals surface area contributed by atoms with Gasteiger partial charge in [-0.1, -0.05) is 0 Å². The molecule has 11 nitrogen and oxygen atoms in total. The molecule has 3 aromatic heterocycles. The van der Waals surface area contributed by atoms with Crippen LogP contribution in [0.15, 0.2) is 39.7 Å². The van der Waals surface area contributed by atoms with Crippen LogP contribution < -0.4 is 11.0 Å². The van der Waals surface area contributed by atoms with Crippen LogP contribution in [-0.4, -0.2) is 67.8 Å². The van der Waals surface area contributed by atoms with Gasteiger partial charge >= 0.3 is 5.69 Å². The second-order valence-electron chi connectivity index (χ2n) is 7.64. The predicted molar refractivity (Wildman–Crippen MR) is 115 cm³/mol. The zero-order chi connectivity index (χ0) is 22.8. The van der Waals surface area contributed by atoms with Crippen molar-refractivity contribution < 1.29 is 18.8 Å². The van der Waals surface area contributed by atoms with E-state index >= 15 is 0 Å². The minimum absolute atomic E-state index is 0.0117. The number of anilines is 1. The number of aromatic nitrogens is 3. The summed E-state index contributed by atoms with van der Waals surface area (Å²) in [5.41, 5.74) is 0.927. The van der Waals surface area contributed by atoms with E-state index in [1.165, 1.54) is 15.4 Å². The highest BCUT2D eigenvalue weighted by atomic mass is 16.3. The highest BCUT2D eigenvalue weighted by Crippen LogP contribution is 2.14. The second kappa shape index (κ2) is 8.69. The van der Waals surface area contributed by atoms with Crippen molar-refractivity contribution in [3.63, 3.8) is 0 Å². The SMILES string of the molecule is Cn1c(=O)n(C)c2nc(NC(=O)CCC(=O)N3CCN(C(=O)c4ccco4)CC3)ccc21. The van der Waals surface area contributed by atoms with Crippen molar-refractivity contribution in [1.82, 2.24) is 23.9 Å². The normalized spacial score (nSPS) is 14.1. The minimum Gasteiger partial charge on any atom is -0.459 e. The first-order chi connectivity index (χ1) is 15.3. The molecule has 0 bridgehead atoms. The maximum Gasteiger partial charge on any atom is 0.329 e. The lowest BCUT2D eigenvalue weighted by Gasteiger charge is -2.34. The molecule has 1 saturated heterocycles. The van der Waals surface area contributed by atoms with Crippen LogP contribution in [0.25, 0.3) is 11.2 Å². The number of amides is 3. The van der Waals surface area contributed by atoms with Gasteiger partial charge in [-0.05, 0) is 24.3 Å². The van der Waals surface area contributed by atoms with E-state index in [0.717, 1.165) is 0 Å². The topological polar surface area (TPSA) is 123 Å². The van der Waals surface area contributed by atoms with Crippen LogP contribution in [0.2, 0.25) is 0 Å².